The average molecular weight is 299 g/mol. The van der Waals surface area contributed by atoms with E-state index in [2.05, 4.69) is 16.0 Å². The molecule has 0 spiro atoms. The van der Waals surface area contributed by atoms with Gasteiger partial charge in [0.2, 0.25) is 5.91 Å². The van der Waals surface area contributed by atoms with Crippen molar-refractivity contribution in [3.05, 3.63) is 29.8 Å². The monoisotopic (exact) mass is 298 g/mol. The maximum absolute atomic E-state index is 11.8. The van der Waals surface area contributed by atoms with Crippen LogP contribution in [0, 0.1) is 0 Å². The van der Waals surface area contributed by atoms with Gasteiger partial charge in [0.1, 0.15) is 0 Å². The van der Waals surface area contributed by atoms with Gasteiger partial charge >= 0.3 is 6.03 Å². The summed E-state index contributed by atoms with van der Waals surface area (Å²) in [5, 5.41) is 8.52. The van der Waals surface area contributed by atoms with Gasteiger partial charge in [-0.05, 0) is 37.1 Å². The summed E-state index contributed by atoms with van der Waals surface area (Å²) in [4.78, 5) is 22.6. The molecule has 110 valence electrons. The number of urea groups is 1. The van der Waals surface area contributed by atoms with Crippen LogP contribution in [0.2, 0.25) is 0 Å². The van der Waals surface area contributed by atoms with E-state index in [1.165, 1.54) is 0 Å². The average Bonchev–Trinajstić information content (AvgIpc) is 2.89. The number of amides is 3. The lowest BCUT2D eigenvalue weighted by Crippen LogP contribution is -2.40. The standard InChI is InChI=1S/C13H18N4O2.ClH/c14-13(19)17-10-4-1-3-9(7-10)8-16-12(18)11-5-2-6-15-11;/h1,3-4,7,11,15H,2,5-6,8H2,(H,16,18)(H3,14,17,19);1H. The summed E-state index contributed by atoms with van der Waals surface area (Å²) in [6, 6.07) is 6.54. The van der Waals surface area contributed by atoms with E-state index in [0.717, 1.165) is 24.9 Å². The first kappa shape index (κ1) is 16.3. The van der Waals surface area contributed by atoms with Gasteiger partial charge in [-0.2, -0.15) is 0 Å². The highest BCUT2D eigenvalue weighted by Crippen LogP contribution is 2.11. The normalized spacial score (nSPS) is 17.1. The molecule has 1 fully saturated rings. The highest BCUT2D eigenvalue weighted by Gasteiger charge is 2.21. The van der Waals surface area contributed by atoms with Crippen molar-refractivity contribution in [3.63, 3.8) is 0 Å². The van der Waals surface area contributed by atoms with Gasteiger partial charge in [-0.1, -0.05) is 12.1 Å². The summed E-state index contributed by atoms with van der Waals surface area (Å²) in [5.41, 5.74) is 6.59. The number of benzene rings is 1. The topological polar surface area (TPSA) is 96.2 Å². The fraction of sp³-hybridized carbons (Fsp3) is 0.385. The maximum Gasteiger partial charge on any atom is 0.316 e. The third-order valence-corrected chi connectivity index (χ3v) is 3.04. The molecule has 1 aromatic carbocycles. The van der Waals surface area contributed by atoms with Gasteiger partial charge in [0.25, 0.3) is 0 Å². The zero-order valence-electron chi connectivity index (χ0n) is 11.0. The molecule has 1 atom stereocenters. The van der Waals surface area contributed by atoms with E-state index >= 15 is 0 Å². The summed E-state index contributed by atoms with van der Waals surface area (Å²) < 4.78 is 0. The fourth-order valence-corrected chi connectivity index (χ4v) is 2.12. The van der Waals surface area contributed by atoms with Crippen molar-refractivity contribution < 1.29 is 9.59 Å². The summed E-state index contributed by atoms with van der Waals surface area (Å²) in [6.45, 7) is 1.33. The molecule has 0 aromatic heterocycles. The Morgan fingerprint density at radius 2 is 2.20 bits per heavy atom. The first-order valence-electron chi connectivity index (χ1n) is 6.31. The van der Waals surface area contributed by atoms with Crippen molar-refractivity contribution in [2.75, 3.05) is 11.9 Å². The fourth-order valence-electron chi connectivity index (χ4n) is 2.12. The molecule has 1 aliphatic heterocycles. The Kier molecular flexibility index (Phi) is 6.27. The van der Waals surface area contributed by atoms with E-state index in [-0.39, 0.29) is 24.4 Å². The number of rotatable bonds is 4. The number of anilines is 1. The van der Waals surface area contributed by atoms with Gasteiger partial charge in [0.15, 0.2) is 0 Å². The van der Waals surface area contributed by atoms with Crippen molar-refractivity contribution >= 4 is 30.0 Å². The van der Waals surface area contributed by atoms with Gasteiger partial charge in [-0.3, -0.25) is 4.79 Å². The smallest absolute Gasteiger partial charge is 0.316 e. The SMILES string of the molecule is Cl.NC(=O)Nc1cccc(CNC(=O)C2CCCN2)c1. The molecule has 0 saturated carbocycles. The van der Waals surface area contributed by atoms with Gasteiger partial charge in [0.05, 0.1) is 6.04 Å². The van der Waals surface area contributed by atoms with Crippen molar-refractivity contribution in [2.45, 2.75) is 25.4 Å². The lowest BCUT2D eigenvalue weighted by molar-refractivity contribution is -0.122. The van der Waals surface area contributed by atoms with Gasteiger partial charge in [-0.15, -0.1) is 12.4 Å². The number of hydrogen-bond acceptors (Lipinski definition) is 3. The van der Waals surface area contributed by atoms with Crippen LogP contribution in [0.1, 0.15) is 18.4 Å². The summed E-state index contributed by atoms with van der Waals surface area (Å²) in [7, 11) is 0. The highest BCUT2D eigenvalue weighted by molar-refractivity contribution is 5.87. The molecule has 1 heterocycles. The van der Waals surface area contributed by atoms with E-state index < -0.39 is 6.03 Å². The van der Waals surface area contributed by atoms with Crippen LogP contribution in [0.15, 0.2) is 24.3 Å². The molecule has 1 aliphatic rings. The zero-order valence-corrected chi connectivity index (χ0v) is 11.8. The van der Waals surface area contributed by atoms with Crippen LogP contribution in [0.25, 0.3) is 0 Å². The van der Waals surface area contributed by atoms with E-state index in [1.54, 1.807) is 18.2 Å². The minimum atomic E-state index is -0.601. The number of halogens is 1. The number of hydrogen-bond donors (Lipinski definition) is 4. The molecule has 2 rings (SSSR count). The molecule has 0 bridgehead atoms. The van der Waals surface area contributed by atoms with E-state index in [4.69, 9.17) is 5.73 Å². The Morgan fingerprint density at radius 3 is 2.85 bits per heavy atom. The van der Waals surface area contributed by atoms with E-state index in [0.29, 0.717) is 12.2 Å². The Balaban J connectivity index is 0.00000200. The van der Waals surface area contributed by atoms with Crippen LogP contribution in [0.5, 0.6) is 0 Å². The molecule has 20 heavy (non-hydrogen) atoms. The molecular weight excluding hydrogens is 280 g/mol. The Labute approximate surface area is 123 Å². The third kappa shape index (κ3) is 4.71. The first-order valence-corrected chi connectivity index (χ1v) is 6.31. The number of nitrogens with two attached hydrogens (primary N) is 1. The first-order chi connectivity index (χ1) is 9.15. The molecule has 1 aromatic rings. The van der Waals surface area contributed by atoms with Gasteiger partial charge in [-0.25, -0.2) is 4.79 Å². The van der Waals surface area contributed by atoms with Crippen molar-refractivity contribution in [2.24, 2.45) is 5.73 Å². The van der Waals surface area contributed by atoms with E-state index in [1.807, 2.05) is 6.07 Å². The van der Waals surface area contributed by atoms with Crippen LogP contribution in [-0.2, 0) is 11.3 Å². The van der Waals surface area contributed by atoms with E-state index in [9.17, 15) is 9.59 Å². The largest absolute Gasteiger partial charge is 0.351 e. The summed E-state index contributed by atoms with van der Waals surface area (Å²) >= 11 is 0. The molecule has 0 aliphatic carbocycles. The van der Waals surface area contributed by atoms with Crippen LogP contribution in [0.4, 0.5) is 10.5 Å². The summed E-state index contributed by atoms with van der Waals surface area (Å²) in [6.07, 6.45) is 1.92. The van der Waals surface area contributed by atoms with Gasteiger partial charge < -0.3 is 21.7 Å². The lowest BCUT2D eigenvalue weighted by Gasteiger charge is -2.11. The second-order valence-electron chi connectivity index (χ2n) is 4.56. The van der Waals surface area contributed by atoms with Crippen molar-refractivity contribution in [3.8, 4) is 0 Å². The molecule has 1 unspecified atom stereocenters. The van der Waals surface area contributed by atoms with Crippen LogP contribution in [-0.4, -0.2) is 24.5 Å². The van der Waals surface area contributed by atoms with Crippen molar-refractivity contribution in [1.29, 1.82) is 0 Å². The third-order valence-electron chi connectivity index (χ3n) is 3.04. The van der Waals surface area contributed by atoms with Gasteiger partial charge in [0, 0.05) is 12.2 Å². The predicted octanol–water partition coefficient (Wildman–Crippen LogP) is 0.967. The Hall–Kier alpha value is -1.79. The van der Waals surface area contributed by atoms with Crippen LogP contribution < -0.4 is 21.7 Å². The minimum absolute atomic E-state index is 0. The number of carbonyl (C=O) groups excluding carboxylic acids is 2. The summed E-state index contributed by atoms with van der Waals surface area (Å²) in [5.74, 6) is 0.0192. The quantitative estimate of drug-likeness (QED) is 0.667. The Morgan fingerprint density at radius 1 is 1.40 bits per heavy atom. The predicted molar refractivity (Wildman–Crippen MR) is 79.8 cm³/mol. The highest BCUT2D eigenvalue weighted by atomic mass is 35.5. The lowest BCUT2D eigenvalue weighted by atomic mass is 10.2. The minimum Gasteiger partial charge on any atom is -0.351 e. The molecule has 6 nitrogen and oxygen atoms in total. The zero-order chi connectivity index (χ0) is 13.7. The van der Waals surface area contributed by atoms with Crippen LogP contribution in [0.3, 0.4) is 0 Å². The molecule has 3 amide bonds. The molecule has 0 radical (unpaired) electrons. The number of nitrogens with one attached hydrogen (secondary N) is 3. The van der Waals surface area contributed by atoms with Crippen molar-refractivity contribution in [1.82, 2.24) is 10.6 Å². The molecule has 7 heteroatoms. The van der Waals surface area contributed by atoms with Crippen LogP contribution >= 0.6 is 12.4 Å². The molecular formula is C13H19ClN4O2. The number of primary amides is 1. The molecule has 5 N–H and O–H groups in total. The maximum atomic E-state index is 11.8. The second-order valence-corrected chi connectivity index (χ2v) is 4.56. The molecule has 1 saturated heterocycles. The Bertz CT molecular complexity index is 475. The second kappa shape index (κ2) is 7.72. The number of carbonyl (C=O) groups is 2.